The maximum absolute atomic E-state index is 12.4. The first-order valence-corrected chi connectivity index (χ1v) is 8.08. The summed E-state index contributed by atoms with van der Waals surface area (Å²) in [5, 5.41) is 9.12. The molecule has 2 rings (SSSR count). The molecule has 1 heterocycles. The highest BCUT2D eigenvalue weighted by Gasteiger charge is 2.29. The molecule has 2 aromatic rings. The second-order valence-corrected chi connectivity index (χ2v) is 7.11. The Balaban J connectivity index is 2.51. The van der Waals surface area contributed by atoms with Crippen molar-refractivity contribution in [1.82, 2.24) is 14.7 Å². The van der Waals surface area contributed by atoms with E-state index >= 15 is 0 Å². The summed E-state index contributed by atoms with van der Waals surface area (Å²) in [4.78, 5) is 27.4. The summed E-state index contributed by atoms with van der Waals surface area (Å²) in [5.74, 6) is -1.66. The van der Waals surface area contributed by atoms with Crippen LogP contribution in [0.25, 0.3) is 11.0 Å². The lowest BCUT2D eigenvalue weighted by Gasteiger charge is -2.18. The van der Waals surface area contributed by atoms with Gasteiger partial charge in [-0.05, 0) is 30.5 Å². The molecule has 0 saturated carbocycles. The van der Waals surface area contributed by atoms with Crippen LogP contribution in [0, 0.1) is 12.8 Å². The Bertz CT molecular complexity index is 879. The zero-order valence-corrected chi connectivity index (χ0v) is 13.1. The first-order valence-electron chi connectivity index (χ1n) is 6.59. The molecule has 22 heavy (non-hydrogen) atoms. The van der Waals surface area contributed by atoms with E-state index in [0.717, 1.165) is 0 Å². The molecule has 0 bridgehead atoms. The fourth-order valence-corrected chi connectivity index (χ4v) is 3.75. The van der Waals surface area contributed by atoms with Crippen LogP contribution in [0.2, 0.25) is 0 Å². The third-order valence-corrected chi connectivity index (χ3v) is 4.90. The van der Waals surface area contributed by atoms with Crippen molar-refractivity contribution in [2.75, 3.05) is 0 Å². The SMILES string of the molecule is Cc1cc2[nH]c(=O)[nH]c2cc1S(=O)(=O)N[C@H](C(=O)O)C(C)C. The Hall–Kier alpha value is -2.13. The van der Waals surface area contributed by atoms with E-state index < -0.39 is 33.6 Å². The largest absolute Gasteiger partial charge is 0.480 e. The molecule has 1 aromatic carbocycles. The molecule has 0 fully saturated rings. The normalized spacial score (nSPS) is 13.6. The second kappa shape index (κ2) is 5.58. The number of benzene rings is 1. The number of carbonyl (C=O) groups is 1. The number of carboxylic acid groups (broad SMARTS) is 1. The number of carboxylic acids is 1. The molecule has 0 aliphatic heterocycles. The van der Waals surface area contributed by atoms with E-state index in [-0.39, 0.29) is 4.90 Å². The van der Waals surface area contributed by atoms with Gasteiger partial charge in [-0.25, -0.2) is 13.2 Å². The van der Waals surface area contributed by atoms with Crippen LogP contribution in [-0.4, -0.2) is 35.5 Å². The van der Waals surface area contributed by atoms with Gasteiger partial charge >= 0.3 is 11.7 Å². The van der Waals surface area contributed by atoms with Gasteiger partial charge in [0.25, 0.3) is 0 Å². The predicted octanol–water partition coefficient (Wildman–Crippen LogP) is 0.552. The van der Waals surface area contributed by atoms with Crippen LogP contribution in [0.4, 0.5) is 0 Å². The molecule has 1 atom stereocenters. The fraction of sp³-hybridized carbons (Fsp3) is 0.385. The number of hydrogen-bond donors (Lipinski definition) is 4. The predicted molar refractivity (Wildman–Crippen MR) is 80.2 cm³/mol. The number of sulfonamides is 1. The minimum atomic E-state index is -4.03. The van der Waals surface area contributed by atoms with Crippen LogP contribution < -0.4 is 10.4 Å². The highest BCUT2D eigenvalue weighted by Crippen LogP contribution is 2.21. The van der Waals surface area contributed by atoms with Gasteiger partial charge in [0.15, 0.2) is 0 Å². The van der Waals surface area contributed by atoms with Crippen molar-refractivity contribution in [3.8, 4) is 0 Å². The molecule has 120 valence electrons. The molecule has 0 saturated heterocycles. The van der Waals surface area contributed by atoms with Gasteiger partial charge in [0.05, 0.1) is 15.9 Å². The Morgan fingerprint density at radius 2 is 1.77 bits per heavy atom. The van der Waals surface area contributed by atoms with E-state index in [4.69, 9.17) is 5.11 Å². The van der Waals surface area contributed by atoms with Crippen molar-refractivity contribution < 1.29 is 18.3 Å². The summed E-state index contributed by atoms with van der Waals surface area (Å²) in [6, 6.07) is 1.60. The first-order chi connectivity index (χ1) is 10.1. The van der Waals surface area contributed by atoms with Gasteiger partial charge in [-0.2, -0.15) is 4.72 Å². The molecule has 4 N–H and O–H groups in total. The molecule has 0 spiro atoms. The number of aryl methyl sites for hydroxylation is 1. The van der Waals surface area contributed by atoms with E-state index in [2.05, 4.69) is 14.7 Å². The fourth-order valence-electron chi connectivity index (χ4n) is 2.16. The number of nitrogens with one attached hydrogen (secondary N) is 3. The third-order valence-electron chi connectivity index (χ3n) is 3.32. The van der Waals surface area contributed by atoms with E-state index in [1.54, 1.807) is 20.8 Å². The van der Waals surface area contributed by atoms with E-state index in [0.29, 0.717) is 16.6 Å². The summed E-state index contributed by atoms with van der Waals surface area (Å²) in [7, 11) is -4.03. The molecule has 9 heteroatoms. The second-order valence-electron chi connectivity index (χ2n) is 5.42. The molecule has 1 aromatic heterocycles. The van der Waals surface area contributed by atoms with Crippen molar-refractivity contribution in [2.45, 2.75) is 31.7 Å². The molecule has 0 unspecified atom stereocenters. The number of hydrogen-bond acceptors (Lipinski definition) is 4. The number of fused-ring (bicyclic) bond motifs is 1. The van der Waals surface area contributed by atoms with Gasteiger partial charge in [-0.15, -0.1) is 0 Å². The standard InChI is InChI=1S/C13H17N3O5S/c1-6(2)11(12(17)18)16-22(20,21)10-5-9-8(4-7(10)3)14-13(19)15-9/h4-6,11,16H,1-3H3,(H,17,18)(H2,14,15,19)/t11-/m0/s1. The molecule has 0 aliphatic rings. The smallest absolute Gasteiger partial charge is 0.323 e. The zero-order valence-electron chi connectivity index (χ0n) is 12.3. The quantitative estimate of drug-likeness (QED) is 0.637. The summed E-state index contributed by atoms with van der Waals surface area (Å²) < 4.78 is 27.1. The number of aromatic amines is 2. The summed E-state index contributed by atoms with van der Waals surface area (Å²) >= 11 is 0. The molecule has 0 radical (unpaired) electrons. The Morgan fingerprint density at radius 3 is 2.27 bits per heavy atom. The van der Waals surface area contributed by atoms with E-state index in [9.17, 15) is 18.0 Å². The van der Waals surface area contributed by atoms with Gasteiger partial charge in [0.1, 0.15) is 6.04 Å². The van der Waals surface area contributed by atoms with Gasteiger partial charge < -0.3 is 15.1 Å². The molecular weight excluding hydrogens is 310 g/mol. The first kappa shape index (κ1) is 16.2. The summed E-state index contributed by atoms with van der Waals surface area (Å²) in [6.07, 6.45) is 0. The summed E-state index contributed by atoms with van der Waals surface area (Å²) in [5.41, 5.74) is 0.790. The van der Waals surface area contributed by atoms with Crippen LogP contribution in [0.1, 0.15) is 19.4 Å². The van der Waals surface area contributed by atoms with Crippen LogP contribution in [-0.2, 0) is 14.8 Å². The zero-order chi connectivity index (χ0) is 16.7. The maximum atomic E-state index is 12.4. The summed E-state index contributed by atoms with van der Waals surface area (Å²) in [6.45, 7) is 4.80. The lowest BCUT2D eigenvalue weighted by molar-refractivity contribution is -0.140. The molecule has 0 aliphatic carbocycles. The number of imidazole rings is 1. The highest BCUT2D eigenvalue weighted by atomic mass is 32.2. The average molecular weight is 327 g/mol. The van der Waals surface area contributed by atoms with Crippen molar-refractivity contribution in [1.29, 1.82) is 0 Å². The van der Waals surface area contributed by atoms with Crippen LogP contribution in [0.15, 0.2) is 21.8 Å². The number of rotatable bonds is 5. The van der Waals surface area contributed by atoms with Crippen LogP contribution in [0.5, 0.6) is 0 Å². The Morgan fingerprint density at radius 1 is 1.23 bits per heavy atom. The van der Waals surface area contributed by atoms with Gasteiger partial charge in [0, 0.05) is 0 Å². The van der Waals surface area contributed by atoms with Gasteiger partial charge in [-0.3, -0.25) is 4.79 Å². The highest BCUT2D eigenvalue weighted by molar-refractivity contribution is 7.89. The molecule has 8 nitrogen and oxygen atoms in total. The van der Waals surface area contributed by atoms with Gasteiger partial charge in [0.2, 0.25) is 10.0 Å². The van der Waals surface area contributed by atoms with E-state index in [1.807, 2.05) is 0 Å². The van der Waals surface area contributed by atoms with Crippen molar-refractivity contribution >= 4 is 27.0 Å². The Labute approximate surface area is 126 Å². The number of H-pyrrole nitrogens is 2. The number of aliphatic carboxylic acids is 1. The topological polar surface area (TPSA) is 132 Å². The lowest BCUT2D eigenvalue weighted by Crippen LogP contribution is -2.44. The lowest BCUT2D eigenvalue weighted by atomic mass is 10.1. The van der Waals surface area contributed by atoms with Crippen molar-refractivity contribution in [2.24, 2.45) is 5.92 Å². The third kappa shape index (κ3) is 3.04. The minimum Gasteiger partial charge on any atom is -0.480 e. The average Bonchev–Trinajstić information content (AvgIpc) is 2.73. The molecular formula is C13H17N3O5S. The van der Waals surface area contributed by atoms with Gasteiger partial charge in [-0.1, -0.05) is 13.8 Å². The van der Waals surface area contributed by atoms with E-state index in [1.165, 1.54) is 12.1 Å². The van der Waals surface area contributed by atoms with Crippen LogP contribution >= 0.6 is 0 Å². The Kier molecular flexibility index (Phi) is 4.12. The van der Waals surface area contributed by atoms with Crippen LogP contribution in [0.3, 0.4) is 0 Å². The van der Waals surface area contributed by atoms with Crippen molar-refractivity contribution in [3.63, 3.8) is 0 Å². The maximum Gasteiger partial charge on any atom is 0.323 e. The van der Waals surface area contributed by atoms with Crippen molar-refractivity contribution in [3.05, 3.63) is 28.2 Å². The number of aromatic nitrogens is 2. The monoisotopic (exact) mass is 327 g/mol. The minimum absolute atomic E-state index is 0.0675. The molecule has 0 amide bonds.